The minimum atomic E-state index is 0.533. The van der Waals surface area contributed by atoms with Crippen LogP contribution >= 0.6 is 15.9 Å². The van der Waals surface area contributed by atoms with E-state index in [2.05, 4.69) is 61.7 Å². The summed E-state index contributed by atoms with van der Waals surface area (Å²) >= 11 is 3.71. The first-order valence-electron chi connectivity index (χ1n) is 7.63. The molecule has 0 amide bonds. The van der Waals surface area contributed by atoms with Crippen molar-refractivity contribution in [2.45, 2.75) is 40.2 Å². The summed E-state index contributed by atoms with van der Waals surface area (Å²) in [5.74, 6) is 0.795. The fourth-order valence-electron chi connectivity index (χ4n) is 2.49. The van der Waals surface area contributed by atoms with Crippen LogP contribution in [0.2, 0.25) is 0 Å². The molecule has 0 bridgehead atoms. The molecule has 0 radical (unpaired) electrons. The second-order valence-corrected chi connectivity index (χ2v) is 6.10. The summed E-state index contributed by atoms with van der Waals surface area (Å²) in [6.07, 6.45) is 10.1. The fraction of sp³-hybridized carbons (Fsp3) is 0.300. The summed E-state index contributed by atoms with van der Waals surface area (Å²) in [7, 11) is 0. The lowest BCUT2D eigenvalue weighted by Gasteiger charge is -2.19. The molecule has 23 heavy (non-hydrogen) atoms. The van der Waals surface area contributed by atoms with E-state index in [1.54, 1.807) is 0 Å². The summed E-state index contributed by atoms with van der Waals surface area (Å²) in [6.45, 7) is 6.83. The third-order valence-corrected chi connectivity index (χ3v) is 4.84. The number of hydrogen-bond donors (Lipinski definition) is 1. The summed E-state index contributed by atoms with van der Waals surface area (Å²) in [5.41, 5.74) is 11.7. The SMILES string of the molecule is C#C.CCCc1c(C)c(N)c(OCc2ccccc2)c(C)c1Br. The van der Waals surface area contributed by atoms with E-state index in [9.17, 15) is 0 Å². The van der Waals surface area contributed by atoms with Crippen molar-refractivity contribution in [1.29, 1.82) is 0 Å². The van der Waals surface area contributed by atoms with Crippen LogP contribution in [0.5, 0.6) is 5.75 Å². The first-order chi connectivity index (χ1) is 11.1. The maximum absolute atomic E-state index is 6.30. The van der Waals surface area contributed by atoms with Gasteiger partial charge >= 0.3 is 0 Å². The van der Waals surface area contributed by atoms with Crippen molar-refractivity contribution < 1.29 is 4.74 Å². The molecular formula is C20H24BrNO. The molecule has 0 aliphatic heterocycles. The van der Waals surface area contributed by atoms with Gasteiger partial charge in [-0.3, -0.25) is 0 Å². The number of hydrogen-bond acceptors (Lipinski definition) is 2. The molecule has 0 fully saturated rings. The van der Waals surface area contributed by atoms with E-state index in [4.69, 9.17) is 10.5 Å². The Morgan fingerprint density at radius 1 is 1.09 bits per heavy atom. The van der Waals surface area contributed by atoms with Crippen LogP contribution in [-0.2, 0) is 13.0 Å². The Morgan fingerprint density at radius 2 is 1.70 bits per heavy atom. The first kappa shape index (κ1) is 19.1. The molecule has 2 N–H and O–H groups in total. The number of halogens is 1. The summed E-state index contributed by atoms with van der Waals surface area (Å²) in [5, 5.41) is 0. The van der Waals surface area contributed by atoms with Gasteiger partial charge in [-0.1, -0.05) is 59.6 Å². The molecular weight excluding hydrogens is 350 g/mol. The average Bonchev–Trinajstić information content (AvgIpc) is 2.59. The molecule has 0 heterocycles. The Kier molecular flexibility index (Phi) is 7.71. The van der Waals surface area contributed by atoms with Crippen LogP contribution in [0.15, 0.2) is 34.8 Å². The van der Waals surface area contributed by atoms with E-state index in [0.717, 1.165) is 45.4 Å². The number of benzene rings is 2. The molecule has 0 unspecified atom stereocenters. The van der Waals surface area contributed by atoms with Gasteiger partial charge in [0.05, 0.1) is 5.69 Å². The van der Waals surface area contributed by atoms with Crippen molar-refractivity contribution in [3.05, 3.63) is 57.1 Å². The Bertz CT molecular complexity index is 633. The van der Waals surface area contributed by atoms with Gasteiger partial charge in [0.2, 0.25) is 0 Å². The molecule has 0 saturated carbocycles. The number of nitrogen functional groups attached to an aromatic ring is 1. The Balaban J connectivity index is 0.00000127. The molecule has 0 atom stereocenters. The lowest BCUT2D eigenvalue weighted by atomic mass is 9.98. The highest BCUT2D eigenvalue weighted by Gasteiger charge is 2.17. The minimum absolute atomic E-state index is 0.533. The topological polar surface area (TPSA) is 35.2 Å². The maximum atomic E-state index is 6.30. The van der Waals surface area contributed by atoms with Gasteiger partial charge in [-0.05, 0) is 37.0 Å². The standard InChI is InChI=1S/C18H22BrNO.C2H2/c1-4-8-15-12(2)17(20)18(13(3)16(15)19)21-11-14-9-6-5-7-10-14;1-2/h5-7,9-10H,4,8,11,20H2,1-3H3;1-2H. The van der Waals surface area contributed by atoms with E-state index < -0.39 is 0 Å². The van der Waals surface area contributed by atoms with Gasteiger partial charge in [0, 0.05) is 10.0 Å². The van der Waals surface area contributed by atoms with Crippen LogP contribution in [0.4, 0.5) is 5.69 Å². The molecule has 122 valence electrons. The molecule has 2 aromatic carbocycles. The highest BCUT2D eigenvalue weighted by Crippen LogP contribution is 2.39. The van der Waals surface area contributed by atoms with Gasteiger partial charge in [0.1, 0.15) is 12.4 Å². The van der Waals surface area contributed by atoms with Gasteiger partial charge in [0.15, 0.2) is 0 Å². The zero-order chi connectivity index (χ0) is 17.4. The second kappa shape index (κ2) is 9.27. The van der Waals surface area contributed by atoms with Crippen LogP contribution in [0.3, 0.4) is 0 Å². The molecule has 0 aliphatic rings. The summed E-state index contributed by atoms with van der Waals surface area (Å²) in [6, 6.07) is 10.1. The molecule has 0 aromatic heterocycles. The third kappa shape index (κ3) is 4.53. The van der Waals surface area contributed by atoms with E-state index in [1.165, 1.54) is 5.56 Å². The number of ether oxygens (including phenoxy) is 1. The lowest BCUT2D eigenvalue weighted by Crippen LogP contribution is -2.06. The van der Waals surface area contributed by atoms with Crippen molar-refractivity contribution in [2.24, 2.45) is 0 Å². The molecule has 2 rings (SSSR count). The van der Waals surface area contributed by atoms with Crippen LogP contribution in [0.25, 0.3) is 0 Å². The smallest absolute Gasteiger partial charge is 0.147 e. The predicted molar refractivity (Wildman–Crippen MR) is 103 cm³/mol. The fourth-order valence-corrected chi connectivity index (χ4v) is 3.16. The molecule has 0 spiro atoms. The van der Waals surface area contributed by atoms with Crippen LogP contribution in [-0.4, -0.2) is 0 Å². The predicted octanol–water partition coefficient (Wildman–Crippen LogP) is 5.43. The van der Waals surface area contributed by atoms with Crippen LogP contribution in [0, 0.1) is 26.7 Å². The van der Waals surface area contributed by atoms with Gasteiger partial charge in [-0.2, -0.15) is 0 Å². The Morgan fingerprint density at radius 3 is 2.26 bits per heavy atom. The highest BCUT2D eigenvalue weighted by atomic mass is 79.9. The normalized spacial score (nSPS) is 9.83. The lowest BCUT2D eigenvalue weighted by molar-refractivity contribution is 0.305. The summed E-state index contributed by atoms with van der Waals surface area (Å²) in [4.78, 5) is 0. The van der Waals surface area contributed by atoms with E-state index in [-0.39, 0.29) is 0 Å². The van der Waals surface area contributed by atoms with Crippen molar-refractivity contribution in [1.82, 2.24) is 0 Å². The van der Waals surface area contributed by atoms with Crippen LogP contribution in [0.1, 0.15) is 35.6 Å². The first-order valence-corrected chi connectivity index (χ1v) is 8.42. The molecule has 3 heteroatoms. The van der Waals surface area contributed by atoms with Crippen molar-refractivity contribution in [2.75, 3.05) is 5.73 Å². The van der Waals surface area contributed by atoms with Crippen LogP contribution < -0.4 is 10.5 Å². The number of anilines is 1. The summed E-state index contributed by atoms with van der Waals surface area (Å²) < 4.78 is 7.12. The van der Waals surface area contributed by atoms with Gasteiger partial charge in [0.25, 0.3) is 0 Å². The molecule has 2 nitrogen and oxygen atoms in total. The second-order valence-electron chi connectivity index (χ2n) is 5.31. The van der Waals surface area contributed by atoms with E-state index in [0.29, 0.717) is 6.61 Å². The van der Waals surface area contributed by atoms with Crippen molar-refractivity contribution >= 4 is 21.6 Å². The van der Waals surface area contributed by atoms with Gasteiger partial charge in [-0.25, -0.2) is 0 Å². The number of terminal acetylenes is 1. The van der Waals surface area contributed by atoms with E-state index >= 15 is 0 Å². The van der Waals surface area contributed by atoms with Crippen molar-refractivity contribution in [3.8, 4) is 18.6 Å². The minimum Gasteiger partial charge on any atom is -0.486 e. The Labute approximate surface area is 148 Å². The van der Waals surface area contributed by atoms with E-state index in [1.807, 2.05) is 18.2 Å². The zero-order valence-electron chi connectivity index (χ0n) is 14.0. The highest BCUT2D eigenvalue weighted by molar-refractivity contribution is 9.10. The molecule has 0 aliphatic carbocycles. The zero-order valence-corrected chi connectivity index (χ0v) is 15.6. The third-order valence-electron chi connectivity index (χ3n) is 3.76. The largest absolute Gasteiger partial charge is 0.486 e. The number of rotatable bonds is 5. The average molecular weight is 374 g/mol. The number of nitrogens with two attached hydrogens (primary N) is 1. The van der Waals surface area contributed by atoms with Gasteiger partial charge in [-0.15, -0.1) is 12.8 Å². The Hall–Kier alpha value is -1.92. The quantitative estimate of drug-likeness (QED) is 0.560. The molecule has 0 saturated heterocycles. The van der Waals surface area contributed by atoms with Crippen molar-refractivity contribution in [3.63, 3.8) is 0 Å². The molecule has 2 aromatic rings. The van der Waals surface area contributed by atoms with Gasteiger partial charge < -0.3 is 10.5 Å². The monoisotopic (exact) mass is 373 g/mol. The maximum Gasteiger partial charge on any atom is 0.147 e.